The minimum Gasteiger partial charge on any atom is -0.370 e. The smallest absolute Gasteiger partial charge is 0.129 e. The van der Waals surface area contributed by atoms with E-state index in [1.807, 2.05) is 6.92 Å². The summed E-state index contributed by atoms with van der Waals surface area (Å²) in [6.07, 6.45) is 5.45. The van der Waals surface area contributed by atoms with Crippen LogP contribution in [-0.2, 0) is 22.6 Å². The lowest BCUT2D eigenvalue weighted by Crippen LogP contribution is -2.14. The predicted octanol–water partition coefficient (Wildman–Crippen LogP) is 2.73. The van der Waals surface area contributed by atoms with Crippen molar-refractivity contribution in [2.24, 2.45) is 0 Å². The van der Waals surface area contributed by atoms with Crippen LogP contribution in [0.25, 0.3) is 0 Å². The monoisotopic (exact) mass is 250 g/mol. The van der Waals surface area contributed by atoms with Crippen LogP contribution in [0.5, 0.6) is 0 Å². The molecule has 18 heavy (non-hydrogen) atoms. The summed E-state index contributed by atoms with van der Waals surface area (Å²) in [4.78, 5) is 14.5. The maximum atomic E-state index is 4.98. The van der Waals surface area contributed by atoms with Crippen LogP contribution in [0.2, 0.25) is 0 Å². The molecule has 0 saturated heterocycles. The highest BCUT2D eigenvalue weighted by Gasteiger charge is 2.09. The molecule has 1 aromatic heterocycles. The quantitative estimate of drug-likeness (QED) is 0.459. The third-order valence-electron chi connectivity index (χ3n) is 3.06. The third kappa shape index (κ3) is 3.96. The minimum atomic E-state index is 0.609. The molecule has 0 unspecified atom stereocenters. The van der Waals surface area contributed by atoms with E-state index >= 15 is 0 Å². The zero-order valence-electron chi connectivity index (χ0n) is 11.1. The molecule has 4 heteroatoms. The van der Waals surface area contributed by atoms with Gasteiger partial charge < -0.3 is 5.32 Å². The highest BCUT2D eigenvalue weighted by molar-refractivity contribution is 5.46. The number of rotatable bonds is 7. The molecule has 100 valence electrons. The van der Waals surface area contributed by atoms with Crippen LogP contribution in [0.15, 0.2) is 12.1 Å². The van der Waals surface area contributed by atoms with Gasteiger partial charge in [0.2, 0.25) is 0 Å². The van der Waals surface area contributed by atoms with Crippen LogP contribution in [0.4, 0.5) is 5.82 Å². The highest BCUT2D eigenvalue weighted by atomic mass is 17.2. The number of nitrogens with one attached hydrogen (secondary N) is 1. The number of hydrogen-bond acceptors (Lipinski definition) is 4. The normalized spacial score (nSPS) is 14.1. The van der Waals surface area contributed by atoms with Gasteiger partial charge in [0.25, 0.3) is 0 Å². The zero-order chi connectivity index (χ0) is 12.6. The molecular weight excluding hydrogens is 228 g/mol. The van der Waals surface area contributed by atoms with Gasteiger partial charge in [0, 0.05) is 12.2 Å². The number of aryl methyl sites for hydroxylation is 2. The first-order valence-electron chi connectivity index (χ1n) is 6.87. The Hall–Kier alpha value is -1.13. The molecule has 0 aromatic carbocycles. The van der Waals surface area contributed by atoms with E-state index in [1.54, 1.807) is 0 Å². The van der Waals surface area contributed by atoms with E-state index in [0.717, 1.165) is 38.0 Å². The van der Waals surface area contributed by atoms with Gasteiger partial charge in [0.05, 0.1) is 13.2 Å². The van der Waals surface area contributed by atoms with Crippen molar-refractivity contribution in [3.63, 3.8) is 0 Å². The van der Waals surface area contributed by atoms with Crippen molar-refractivity contribution in [3.8, 4) is 0 Å². The van der Waals surface area contributed by atoms with Crippen LogP contribution < -0.4 is 5.32 Å². The van der Waals surface area contributed by atoms with Crippen LogP contribution in [0.1, 0.15) is 37.4 Å². The van der Waals surface area contributed by atoms with Gasteiger partial charge in [-0.1, -0.05) is 6.07 Å². The molecule has 1 aromatic rings. The average molecular weight is 250 g/mol. The largest absolute Gasteiger partial charge is 0.370 e. The van der Waals surface area contributed by atoms with Crippen molar-refractivity contribution < 1.29 is 9.78 Å². The summed E-state index contributed by atoms with van der Waals surface area (Å²) in [5.41, 5.74) is 2.52. The SMILES string of the molecule is CCOOCCCCc1ccc2c(n1)NCCC2. The molecule has 0 aliphatic carbocycles. The fourth-order valence-electron chi connectivity index (χ4n) is 2.12. The molecule has 1 N–H and O–H groups in total. The Morgan fingerprint density at radius 2 is 2.22 bits per heavy atom. The standard InChI is InChI=1S/C14H22N2O2/c1-2-17-18-11-4-3-7-13-9-8-12-6-5-10-15-14(12)16-13/h8-9H,2-7,10-11H2,1H3,(H,15,16). The van der Waals surface area contributed by atoms with E-state index in [9.17, 15) is 0 Å². The van der Waals surface area contributed by atoms with Gasteiger partial charge in [-0.2, -0.15) is 0 Å². The van der Waals surface area contributed by atoms with Crippen molar-refractivity contribution in [2.45, 2.75) is 39.0 Å². The van der Waals surface area contributed by atoms with Crippen LogP contribution in [0, 0.1) is 0 Å². The van der Waals surface area contributed by atoms with E-state index in [-0.39, 0.29) is 0 Å². The molecule has 1 aliphatic heterocycles. The molecule has 0 atom stereocenters. The lowest BCUT2D eigenvalue weighted by atomic mass is 10.1. The van der Waals surface area contributed by atoms with E-state index in [2.05, 4.69) is 22.4 Å². The number of aromatic nitrogens is 1. The van der Waals surface area contributed by atoms with Gasteiger partial charge in [-0.15, -0.1) is 0 Å². The average Bonchev–Trinajstić information content (AvgIpc) is 2.42. The Morgan fingerprint density at radius 1 is 1.28 bits per heavy atom. The summed E-state index contributed by atoms with van der Waals surface area (Å²) in [7, 11) is 0. The van der Waals surface area contributed by atoms with E-state index in [0.29, 0.717) is 13.2 Å². The number of anilines is 1. The van der Waals surface area contributed by atoms with Gasteiger partial charge in [0.15, 0.2) is 0 Å². The molecule has 4 nitrogen and oxygen atoms in total. The lowest BCUT2D eigenvalue weighted by molar-refractivity contribution is -0.291. The van der Waals surface area contributed by atoms with E-state index < -0.39 is 0 Å². The molecule has 0 amide bonds. The second-order valence-electron chi connectivity index (χ2n) is 4.53. The van der Waals surface area contributed by atoms with Crippen LogP contribution in [0.3, 0.4) is 0 Å². The highest BCUT2D eigenvalue weighted by Crippen LogP contribution is 2.20. The van der Waals surface area contributed by atoms with Crippen LogP contribution in [-0.4, -0.2) is 24.7 Å². The molecular formula is C14H22N2O2. The molecule has 0 fully saturated rings. The number of unbranched alkanes of at least 4 members (excludes halogenated alkanes) is 1. The first kappa shape index (κ1) is 13.3. The molecule has 2 rings (SSSR count). The van der Waals surface area contributed by atoms with Crippen molar-refractivity contribution in [3.05, 3.63) is 23.4 Å². The van der Waals surface area contributed by atoms with Gasteiger partial charge >= 0.3 is 0 Å². The second kappa shape index (κ2) is 7.34. The molecule has 0 bridgehead atoms. The first-order valence-corrected chi connectivity index (χ1v) is 6.87. The fourth-order valence-corrected chi connectivity index (χ4v) is 2.12. The molecule has 0 saturated carbocycles. The molecule has 0 radical (unpaired) electrons. The van der Waals surface area contributed by atoms with Crippen LogP contribution >= 0.6 is 0 Å². The first-order chi connectivity index (χ1) is 8.90. The van der Waals surface area contributed by atoms with Crippen molar-refractivity contribution in [1.29, 1.82) is 0 Å². The Bertz CT molecular complexity index is 369. The zero-order valence-corrected chi connectivity index (χ0v) is 11.1. The molecule has 0 spiro atoms. The second-order valence-corrected chi connectivity index (χ2v) is 4.53. The number of fused-ring (bicyclic) bond motifs is 1. The van der Waals surface area contributed by atoms with Crippen molar-refractivity contribution in [1.82, 2.24) is 4.98 Å². The van der Waals surface area contributed by atoms with E-state index in [4.69, 9.17) is 9.78 Å². The summed E-state index contributed by atoms with van der Waals surface area (Å²) in [6, 6.07) is 4.36. The minimum absolute atomic E-state index is 0.609. The Morgan fingerprint density at radius 3 is 3.11 bits per heavy atom. The fraction of sp³-hybridized carbons (Fsp3) is 0.643. The topological polar surface area (TPSA) is 43.4 Å². The lowest BCUT2D eigenvalue weighted by Gasteiger charge is -2.17. The maximum Gasteiger partial charge on any atom is 0.129 e. The maximum absolute atomic E-state index is 4.98. The summed E-state index contributed by atoms with van der Waals surface area (Å²) in [6.45, 7) is 4.24. The van der Waals surface area contributed by atoms with E-state index in [1.165, 1.54) is 17.7 Å². The Balaban J connectivity index is 1.72. The van der Waals surface area contributed by atoms with Crippen molar-refractivity contribution >= 4 is 5.82 Å². The van der Waals surface area contributed by atoms with Gasteiger partial charge in [-0.05, 0) is 50.7 Å². The van der Waals surface area contributed by atoms with Gasteiger partial charge in [-0.25, -0.2) is 14.8 Å². The summed E-state index contributed by atoms with van der Waals surface area (Å²) in [5, 5.41) is 3.37. The van der Waals surface area contributed by atoms with Gasteiger partial charge in [-0.3, -0.25) is 0 Å². The Kier molecular flexibility index (Phi) is 5.42. The third-order valence-corrected chi connectivity index (χ3v) is 3.06. The molecule has 2 heterocycles. The summed E-state index contributed by atoms with van der Waals surface area (Å²) >= 11 is 0. The van der Waals surface area contributed by atoms with Crippen molar-refractivity contribution in [2.75, 3.05) is 25.1 Å². The number of hydrogen-bond donors (Lipinski definition) is 1. The predicted molar refractivity (Wildman–Crippen MR) is 71.6 cm³/mol. The summed E-state index contributed by atoms with van der Waals surface area (Å²) < 4.78 is 0. The number of nitrogens with zero attached hydrogens (tertiary/aromatic N) is 1. The van der Waals surface area contributed by atoms with Gasteiger partial charge in [0.1, 0.15) is 5.82 Å². The summed E-state index contributed by atoms with van der Waals surface area (Å²) in [5.74, 6) is 1.09. The Labute approximate surface area is 109 Å². The molecule has 1 aliphatic rings. The number of pyridine rings is 1.